The van der Waals surface area contributed by atoms with Crippen molar-refractivity contribution in [3.05, 3.63) is 50.1 Å². The molecule has 0 radical (unpaired) electrons. The molecular weight excluding hydrogens is 322 g/mol. The Morgan fingerprint density at radius 1 is 1.26 bits per heavy atom. The van der Waals surface area contributed by atoms with Gasteiger partial charge in [-0.3, -0.25) is 0 Å². The molecule has 1 aromatic heterocycles. The number of hydrogen-bond acceptors (Lipinski definition) is 3. The average molecular weight is 340 g/mol. The Kier molecular flexibility index (Phi) is 5.43. The highest BCUT2D eigenvalue weighted by atomic mass is 79.9. The van der Waals surface area contributed by atoms with Gasteiger partial charge in [-0.1, -0.05) is 25.1 Å². The van der Waals surface area contributed by atoms with Gasteiger partial charge in [-0.05, 0) is 47.1 Å². The van der Waals surface area contributed by atoms with Crippen molar-refractivity contribution in [1.29, 1.82) is 0 Å². The first kappa shape index (κ1) is 14.6. The topological polar surface area (TPSA) is 21.3 Å². The van der Waals surface area contributed by atoms with Crippen LogP contribution in [0.2, 0.25) is 0 Å². The number of para-hydroxylation sites is 1. The van der Waals surface area contributed by atoms with Gasteiger partial charge in [0.15, 0.2) is 0 Å². The molecule has 0 bridgehead atoms. The van der Waals surface area contributed by atoms with E-state index in [-0.39, 0.29) is 0 Å². The zero-order valence-corrected chi connectivity index (χ0v) is 13.6. The standard InChI is InChI=1S/C15H18BrNOS/c1-3-17-9-12-6-4-5-11(2)15(12)18-10-13-7-8-14(16)19-13/h4-8,17H,3,9-10H2,1-2H3. The smallest absolute Gasteiger partial charge is 0.127 e. The predicted molar refractivity (Wildman–Crippen MR) is 84.9 cm³/mol. The summed E-state index contributed by atoms with van der Waals surface area (Å²) in [6, 6.07) is 10.4. The summed E-state index contributed by atoms with van der Waals surface area (Å²) in [5.74, 6) is 1.01. The van der Waals surface area contributed by atoms with Gasteiger partial charge in [0.2, 0.25) is 0 Å². The monoisotopic (exact) mass is 339 g/mol. The van der Waals surface area contributed by atoms with Crippen LogP contribution in [0.4, 0.5) is 0 Å². The molecular formula is C15H18BrNOS. The summed E-state index contributed by atoms with van der Waals surface area (Å²) >= 11 is 5.19. The molecule has 0 spiro atoms. The second kappa shape index (κ2) is 7.08. The van der Waals surface area contributed by atoms with Gasteiger partial charge in [0.05, 0.1) is 3.79 Å². The highest BCUT2D eigenvalue weighted by Crippen LogP contribution is 2.27. The Morgan fingerprint density at radius 3 is 2.79 bits per heavy atom. The Hall–Kier alpha value is -0.840. The van der Waals surface area contributed by atoms with E-state index in [1.54, 1.807) is 11.3 Å². The quantitative estimate of drug-likeness (QED) is 0.836. The van der Waals surface area contributed by atoms with Gasteiger partial charge in [0.25, 0.3) is 0 Å². The maximum atomic E-state index is 6.01. The van der Waals surface area contributed by atoms with Crippen molar-refractivity contribution >= 4 is 27.3 Å². The first-order chi connectivity index (χ1) is 9.20. The van der Waals surface area contributed by atoms with Crippen LogP contribution in [0, 0.1) is 6.92 Å². The lowest BCUT2D eigenvalue weighted by Crippen LogP contribution is -2.13. The molecule has 0 aliphatic carbocycles. The Labute approximate surface area is 126 Å². The first-order valence-corrected chi connectivity index (χ1v) is 7.98. The summed E-state index contributed by atoms with van der Waals surface area (Å²) in [7, 11) is 0. The third-order valence-electron chi connectivity index (χ3n) is 2.85. The highest BCUT2D eigenvalue weighted by molar-refractivity contribution is 9.11. The Bertz CT molecular complexity index is 539. The number of nitrogens with one attached hydrogen (secondary N) is 1. The minimum atomic E-state index is 0.625. The fourth-order valence-corrected chi connectivity index (χ4v) is 3.29. The molecule has 1 heterocycles. The van der Waals surface area contributed by atoms with Crippen molar-refractivity contribution in [1.82, 2.24) is 5.32 Å². The maximum Gasteiger partial charge on any atom is 0.127 e. The molecule has 0 saturated heterocycles. The molecule has 2 rings (SSSR count). The lowest BCUT2D eigenvalue weighted by Gasteiger charge is -2.14. The molecule has 0 amide bonds. The minimum absolute atomic E-state index is 0.625. The van der Waals surface area contributed by atoms with Crippen LogP contribution in [0.1, 0.15) is 22.9 Å². The van der Waals surface area contributed by atoms with E-state index in [4.69, 9.17) is 4.74 Å². The summed E-state index contributed by atoms with van der Waals surface area (Å²) in [6.45, 7) is 6.64. The van der Waals surface area contributed by atoms with E-state index in [1.165, 1.54) is 16.0 Å². The van der Waals surface area contributed by atoms with Crippen molar-refractivity contribution in [2.45, 2.75) is 27.0 Å². The Balaban J connectivity index is 2.09. The summed E-state index contributed by atoms with van der Waals surface area (Å²) in [6.07, 6.45) is 0. The molecule has 0 aliphatic heterocycles. The molecule has 102 valence electrons. The summed E-state index contributed by atoms with van der Waals surface area (Å²) in [5, 5.41) is 3.35. The molecule has 2 nitrogen and oxygen atoms in total. The summed E-state index contributed by atoms with van der Waals surface area (Å²) in [4.78, 5) is 1.23. The summed E-state index contributed by atoms with van der Waals surface area (Å²) in [5.41, 5.74) is 2.41. The van der Waals surface area contributed by atoms with Crippen molar-refractivity contribution in [3.8, 4) is 5.75 Å². The number of thiophene rings is 1. The lowest BCUT2D eigenvalue weighted by atomic mass is 10.1. The van der Waals surface area contributed by atoms with Gasteiger partial charge in [0, 0.05) is 17.0 Å². The van der Waals surface area contributed by atoms with E-state index in [0.717, 1.165) is 22.6 Å². The second-order valence-corrected chi connectivity index (χ2v) is 6.89. The molecule has 1 N–H and O–H groups in total. The number of ether oxygens (including phenoxy) is 1. The molecule has 0 unspecified atom stereocenters. The first-order valence-electron chi connectivity index (χ1n) is 6.37. The van der Waals surface area contributed by atoms with Crippen molar-refractivity contribution in [2.75, 3.05) is 6.54 Å². The third-order valence-corrected chi connectivity index (χ3v) is 4.44. The number of hydrogen-bond donors (Lipinski definition) is 1. The number of aryl methyl sites for hydroxylation is 1. The molecule has 0 aliphatic rings. The van der Waals surface area contributed by atoms with Crippen LogP contribution in [0.3, 0.4) is 0 Å². The van der Waals surface area contributed by atoms with E-state index in [2.05, 4.69) is 65.4 Å². The zero-order chi connectivity index (χ0) is 13.7. The van der Waals surface area contributed by atoms with Gasteiger partial charge in [-0.15, -0.1) is 11.3 Å². The zero-order valence-electron chi connectivity index (χ0n) is 11.2. The maximum absolute atomic E-state index is 6.01. The van der Waals surface area contributed by atoms with E-state index in [0.29, 0.717) is 6.61 Å². The fourth-order valence-electron chi connectivity index (χ4n) is 1.89. The van der Waals surface area contributed by atoms with Gasteiger partial charge < -0.3 is 10.1 Å². The highest BCUT2D eigenvalue weighted by Gasteiger charge is 2.07. The summed E-state index contributed by atoms with van der Waals surface area (Å²) < 4.78 is 7.16. The normalized spacial score (nSPS) is 10.7. The van der Waals surface area contributed by atoms with E-state index in [9.17, 15) is 0 Å². The molecule has 1 aromatic carbocycles. The number of rotatable bonds is 6. The van der Waals surface area contributed by atoms with Gasteiger partial charge in [0.1, 0.15) is 12.4 Å². The van der Waals surface area contributed by atoms with Crippen molar-refractivity contribution in [2.24, 2.45) is 0 Å². The van der Waals surface area contributed by atoms with Crippen LogP contribution in [-0.4, -0.2) is 6.54 Å². The molecule has 0 fully saturated rings. The van der Waals surface area contributed by atoms with E-state index in [1.807, 2.05) is 0 Å². The molecule has 0 saturated carbocycles. The van der Waals surface area contributed by atoms with Crippen molar-refractivity contribution < 1.29 is 4.74 Å². The fraction of sp³-hybridized carbons (Fsp3) is 0.333. The van der Waals surface area contributed by atoms with E-state index < -0.39 is 0 Å². The molecule has 2 aromatic rings. The molecule has 19 heavy (non-hydrogen) atoms. The Morgan fingerprint density at radius 2 is 2.11 bits per heavy atom. The van der Waals surface area contributed by atoms with Crippen LogP contribution in [0.5, 0.6) is 5.75 Å². The van der Waals surface area contributed by atoms with Crippen LogP contribution in [-0.2, 0) is 13.2 Å². The number of benzene rings is 1. The van der Waals surface area contributed by atoms with Gasteiger partial charge in [-0.2, -0.15) is 0 Å². The third kappa shape index (κ3) is 4.06. The van der Waals surface area contributed by atoms with E-state index >= 15 is 0 Å². The lowest BCUT2D eigenvalue weighted by molar-refractivity contribution is 0.303. The largest absolute Gasteiger partial charge is 0.487 e. The predicted octanol–water partition coefficient (Wildman–Crippen LogP) is 4.51. The van der Waals surface area contributed by atoms with Crippen LogP contribution < -0.4 is 10.1 Å². The van der Waals surface area contributed by atoms with Crippen molar-refractivity contribution in [3.63, 3.8) is 0 Å². The van der Waals surface area contributed by atoms with Crippen LogP contribution in [0.25, 0.3) is 0 Å². The van der Waals surface area contributed by atoms with Crippen LogP contribution in [0.15, 0.2) is 34.1 Å². The van der Waals surface area contributed by atoms with Gasteiger partial charge in [-0.25, -0.2) is 0 Å². The van der Waals surface area contributed by atoms with Gasteiger partial charge >= 0.3 is 0 Å². The number of halogens is 1. The molecule has 4 heteroatoms. The molecule has 0 atom stereocenters. The SMILES string of the molecule is CCNCc1cccc(C)c1OCc1ccc(Br)s1. The average Bonchev–Trinajstić information content (AvgIpc) is 2.81. The minimum Gasteiger partial charge on any atom is -0.487 e. The second-order valence-electron chi connectivity index (χ2n) is 4.34. The van der Waals surface area contributed by atoms with Crippen LogP contribution >= 0.6 is 27.3 Å².